The van der Waals surface area contributed by atoms with Crippen LogP contribution in [-0.4, -0.2) is 75.8 Å². The van der Waals surface area contributed by atoms with Gasteiger partial charge in [0.25, 0.3) is 5.91 Å². The van der Waals surface area contributed by atoms with Gasteiger partial charge in [-0.05, 0) is 26.3 Å². The monoisotopic (exact) mass is 472 g/mol. The molecule has 2 saturated heterocycles. The molecule has 5 rings (SSSR count). The first-order chi connectivity index (χ1) is 16.4. The van der Waals surface area contributed by atoms with Gasteiger partial charge in [-0.1, -0.05) is 0 Å². The Morgan fingerprint density at radius 2 is 1.91 bits per heavy atom. The summed E-state index contributed by atoms with van der Waals surface area (Å²) in [4.78, 5) is 25.0. The number of aromatic nitrogens is 4. The van der Waals surface area contributed by atoms with Crippen LogP contribution in [0.2, 0.25) is 0 Å². The van der Waals surface area contributed by atoms with E-state index in [1.54, 1.807) is 0 Å². The van der Waals surface area contributed by atoms with Gasteiger partial charge in [0, 0.05) is 26.2 Å². The Bertz CT molecular complexity index is 1210. The zero-order valence-corrected chi connectivity index (χ0v) is 18.7. The number of carbonyl (C=O) groups excluding carboxylic acids is 1. The summed E-state index contributed by atoms with van der Waals surface area (Å²) < 4.78 is 35.7. The van der Waals surface area contributed by atoms with Crippen LogP contribution in [0.1, 0.15) is 29.6 Å². The lowest BCUT2D eigenvalue weighted by Crippen LogP contribution is -2.39. The maximum absolute atomic E-state index is 14.9. The van der Waals surface area contributed by atoms with E-state index in [1.165, 1.54) is 6.20 Å². The number of carbonyl (C=O) groups is 1. The van der Waals surface area contributed by atoms with E-state index in [4.69, 9.17) is 10.5 Å². The second-order valence-electron chi connectivity index (χ2n) is 8.77. The zero-order valence-electron chi connectivity index (χ0n) is 18.7. The number of anilines is 3. The minimum Gasteiger partial charge on any atom is -0.381 e. The summed E-state index contributed by atoms with van der Waals surface area (Å²) in [5.74, 6) is -1.91. The lowest BCUT2D eigenvalue weighted by Gasteiger charge is -2.35. The van der Waals surface area contributed by atoms with Gasteiger partial charge in [-0.2, -0.15) is 0 Å². The Hall–Kier alpha value is -3.38. The quantitative estimate of drug-likeness (QED) is 0.579. The number of ether oxygens (including phenoxy) is 1. The van der Waals surface area contributed by atoms with Gasteiger partial charge in [0.05, 0.1) is 42.7 Å². The Kier molecular flexibility index (Phi) is 6.00. The number of rotatable bonds is 5. The van der Waals surface area contributed by atoms with Crippen LogP contribution in [-0.2, 0) is 4.74 Å². The lowest BCUT2D eigenvalue weighted by atomic mass is 10.1. The fraction of sp³-hybridized carbons (Fsp3) is 0.455. The van der Waals surface area contributed by atoms with Crippen molar-refractivity contribution in [3.05, 3.63) is 42.0 Å². The molecule has 1 amide bonds. The maximum Gasteiger partial charge on any atom is 0.263 e. The second-order valence-corrected chi connectivity index (χ2v) is 8.77. The summed E-state index contributed by atoms with van der Waals surface area (Å²) in [6, 6.07) is 0. The highest BCUT2D eigenvalue weighted by Crippen LogP contribution is 2.32. The number of nitrogens with one attached hydrogen (secondary N) is 1. The number of pyridine rings is 1. The van der Waals surface area contributed by atoms with Gasteiger partial charge in [0.1, 0.15) is 11.3 Å². The SMILES string of the molecule is CN1CCC(OC2CCN(c3c(F)cncc3NC(=O)c3c(N)nn4cc(F)cnc34)CC2)C1. The van der Waals surface area contributed by atoms with Gasteiger partial charge >= 0.3 is 0 Å². The molecule has 2 aliphatic heterocycles. The minimum atomic E-state index is -0.635. The van der Waals surface area contributed by atoms with E-state index in [9.17, 15) is 13.6 Å². The van der Waals surface area contributed by atoms with Crippen LogP contribution >= 0.6 is 0 Å². The number of nitrogen functional groups attached to an aromatic ring is 1. The molecular weight excluding hydrogens is 446 g/mol. The highest BCUT2D eigenvalue weighted by atomic mass is 19.1. The number of hydrogen-bond donors (Lipinski definition) is 2. The Morgan fingerprint density at radius 3 is 2.65 bits per heavy atom. The first kappa shape index (κ1) is 22.4. The summed E-state index contributed by atoms with van der Waals surface area (Å²) in [5.41, 5.74) is 6.43. The van der Waals surface area contributed by atoms with Gasteiger partial charge in [0.15, 0.2) is 23.1 Å². The van der Waals surface area contributed by atoms with E-state index in [2.05, 4.69) is 32.3 Å². The van der Waals surface area contributed by atoms with Crippen molar-refractivity contribution in [1.82, 2.24) is 24.5 Å². The van der Waals surface area contributed by atoms with Gasteiger partial charge in [-0.25, -0.2) is 18.3 Å². The average molecular weight is 473 g/mol. The van der Waals surface area contributed by atoms with E-state index in [0.717, 1.165) is 55.5 Å². The summed E-state index contributed by atoms with van der Waals surface area (Å²) in [5, 5.41) is 6.62. The fourth-order valence-electron chi connectivity index (χ4n) is 4.67. The minimum absolute atomic E-state index is 0.0242. The number of hydrogen-bond acceptors (Lipinski definition) is 8. The second kappa shape index (κ2) is 9.11. The van der Waals surface area contributed by atoms with Crippen molar-refractivity contribution >= 4 is 28.7 Å². The molecule has 3 aromatic heterocycles. The highest BCUT2D eigenvalue weighted by molar-refractivity contribution is 6.12. The number of likely N-dealkylation sites (N-methyl/N-ethyl adjacent to an activating group) is 1. The summed E-state index contributed by atoms with van der Waals surface area (Å²) in [6.45, 7) is 3.13. The average Bonchev–Trinajstić information content (AvgIpc) is 3.35. The van der Waals surface area contributed by atoms with Crippen molar-refractivity contribution in [1.29, 1.82) is 0 Å². The maximum atomic E-state index is 14.9. The molecule has 1 atom stereocenters. The van der Waals surface area contributed by atoms with Crippen molar-refractivity contribution in [2.75, 3.05) is 49.2 Å². The van der Waals surface area contributed by atoms with Crippen LogP contribution in [0.15, 0.2) is 24.8 Å². The molecule has 34 heavy (non-hydrogen) atoms. The van der Waals surface area contributed by atoms with E-state index < -0.39 is 17.5 Å². The van der Waals surface area contributed by atoms with Crippen LogP contribution in [0, 0.1) is 11.6 Å². The molecule has 3 N–H and O–H groups in total. The van der Waals surface area contributed by atoms with E-state index >= 15 is 0 Å². The van der Waals surface area contributed by atoms with Crippen LogP contribution in [0.4, 0.5) is 26.0 Å². The summed E-state index contributed by atoms with van der Waals surface area (Å²) in [6.07, 6.45) is 7.46. The third kappa shape index (κ3) is 4.38. The number of likely N-dealkylation sites (tertiary alicyclic amines) is 1. The lowest BCUT2D eigenvalue weighted by molar-refractivity contribution is -0.0169. The fourth-order valence-corrected chi connectivity index (χ4v) is 4.67. The molecule has 0 saturated carbocycles. The van der Waals surface area contributed by atoms with Crippen molar-refractivity contribution in [2.24, 2.45) is 0 Å². The molecule has 0 bridgehead atoms. The van der Waals surface area contributed by atoms with Crippen molar-refractivity contribution in [2.45, 2.75) is 31.5 Å². The van der Waals surface area contributed by atoms with Crippen LogP contribution in [0.3, 0.4) is 0 Å². The van der Waals surface area contributed by atoms with E-state index in [0.29, 0.717) is 13.1 Å². The van der Waals surface area contributed by atoms with Gasteiger partial charge in [-0.3, -0.25) is 9.78 Å². The molecule has 0 spiro atoms. The molecule has 2 aliphatic rings. The zero-order chi connectivity index (χ0) is 23.8. The van der Waals surface area contributed by atoms with Crippen molar-refractivity contribution in [3.8, 4) is 0 Å². The molecule has 0 aliphatic carbocycles. The predicted molar refractivity (Wildman–Crippen MR) is 122 cm³/mol. The molecule has 12 heteroatoms. The molecular formula is C22H26F2N8O2. The first-order valence-corrected chi connectivity index (χ1v) is 11.2. The highest BCUT2D eigenvalue weighted by Gasteiger charge is 2.29. The molecule has 5 heterocycles. The van der Waals surface area contributed by atoms with Gasteiger partial charge in [-0.15, -0.1) is 5.10 Å². The molecule has 10 nitrogen and oxygen atoms in total. The molecule has 180 valence electrons. The molecule has 3 aromatic rings. The van der Waals surface area contributed by atoms with E-state index in [-0.39, 0.29) is 40.6 Å². The Balaban J connectivity index is 1.32. The first-order valence-electron chi connectivity index (χ1n) is 11.2. The topological polar surface area (TPSA) is 114 Å². The largest absolute Gasteiger partial charge is 0.381 e. The standard InChI is InChI=1S/C22H26F2N8O2/c1-30-5-2-15(12-30)34-14-3-6-31(7-4-14)19-16(24)9-26-10-17(19)28-22(33)18-20(25)29-32-11-13(23)8-27-21(18)32/h8-11,14-15H,2-7,12H2,1H3,(H2,25,29)(H,28,33). The molecule has 0 radical (unpaired) electrons. The third-order valence-corrected chi connectivity index (χ3v) is 6.31. The third-order valence-electron chi connectivity index (χ3n) is 6.31. The number of piperidine rings is 1. The molecule has 1 unspecified atom stereocenters. The smallest absolute Gasteiger partial charge is 0.263 e. The number of nitrogens with zero attached hydrogens (tertiary/aromatic N) is 6. The van der Waals surface area contributed by atoms with Gasteiger partial charge < -0.3 is 25.6 Å². The number of fused-ring (bicyclic) bond motifs is 1. The number of nitrogens with two attached hydrogens (primary N) is 1. The Morgan fingerprint density at radius 1 is 1.15 bits per heavy atom. The van der Waals surface area contributed by atoms with Crippen LogP contribution in [0.5, 0.6) is 0 Å². The van der Waals surface area contributed by atoms with Crippen molar-refractivity contribution < 1.29 is 18.3 Å². The number of amides is 1. The number of halogens is 2. The van der Waals surface area contributed by atoms with Gasteiger partial charge in [0.2, 0.25) is 0 Å². The summed E-state index contributed by atoms with van der Waals surface area (Å²) >= 11 is 0. The predicted octanol–water partition coefficient (Wildman–Crippen LogP) is 1.93. The Labute approximate surface area is 194 Å². The molecule has 0 aromatic carbocycles. The van der Waals surface area contributed by atoms with Crippen LogP contribution in [0.25, 0.3) is 5.65 Å². The van der Waals surface area contributed by atoms with Crippen molar-refractivity contribution in [3.63, 3.8) is 0 Å². The normalized spacial score (nSPS) is 19.7. The van der Waals surface area contributed by atoms with E-state index in [1.807, 2.05) is 4.90 Å². The van der Waals surface area contributed by atoms with Crippen LogP contribution < -0.4 is 16.0 Å². The summed E-state index contributed by atoms with van der Waals surface area (Å²) in [7, 11) is 2.09. The molecule has 2 fully saturated rings.